The van der Waals surface area contributed by atoms with Crippen molar-refractivity contribution in [2.75, 3.05) is 16.2 Å². The lowest BCUT2D eigenvalue weighted by molar-refractivity contribution is -0.137. The zero-order valence-electron chi connectivity index (χ0n) is 15.3. The molecule has 3 N–H and O–H groups in total. The molecule has 0 aliphatic heterocycles. The Kier molecular flexibility index (Phi) is 5.05. The third-order valence-corrected chi connectivity index (χ3v) is 5.87. The second kappa shape index (κ2) is 7.05. The number of aromatic nitrogens is 1. The molecule has 0 bridgehead atoms. The van der Waals surface area contributed by atoms with Crippen molar-refractivity contribution in [1.82, 2.24) is 4.57 Å². The van der Waals surface area contributed by atoms with Crippen LogP contribution in [-0.4, -0.2) is 18.7 Å². The summed E-state index contributed by atoms with van der Waals surface area (Å²) < 4.78 is 66.8. The molecule has 0 unspecified atom stereocenters. The van der Waals surface area contributed by atoms with Crippen LogP contribution in [0, 0.1) is 0 Å². The van der Waals surface area contributed by atoms with Gasteiger partial charge in [-0.15, -0.1) is 0 Å². The normalized spacial score (nSPS) is 12.5. The minimum Gasteiger partial charge on any atom is -0.396 e. The maximum Gasteiger partial charge on any atom is 0.416 e. The van der Waals surface area contributed by atoms with E-state index >= 15 is 0 Å². The SMILES string of the molecule is CCn1c(-c2ccc(NS(=O)(=O)CC)cc2)c(N)c2ccc(C(F)(F)F)cc21. The topological polar surface area (TPSA) is 77.1 Å². The van der Waals surface area contributed by atoms with E-state index in [1.54, 1.807) is 28.8 Å². The van der Waals surface area contributed by atoms with E-state index in [9.17, 15) is 21.6 Å². The van der Waals surface area contributed by atoms with E-state index in [1.165, 1.54) is 13.0 Å². The molecule has 0 radical (unpaired) electrons. The number of hydrogen-bond acceptors (Lipinski definition) is 3. The molecule has 0 amide bonds. The molecule has 1 heterocycles. The molecule has 0 saturated carbocycles. The number of sulfonamides is 1. The first-order valence-electron chi connectivity index (χ1n) is 8.67. The predicted octanol–water partition coefficient (Wildman–Crippen LogP) is 4.69. The fourth-order valence-electron chi connectivity index (χ4n) is 3.14. The van der Waals surface area contributed by atoms with Crippen molar-refractivity contribution in [3.05, 3.63) is 48.0 Å². The van der Waals surface area contributed by atoms with Crippen LogP contribution in [0.5, 0.6) is 0 Å². The van der Waals surface area contributed by atoms with Gasteiger partial charge in [-0.1, -0.05) is 18.2 Å². The van der Waals surface area contributed by atoms with Crippen molar-refractivity contribution in [3.8, 4) is 11.3 Å². The van der Waals surface area contributed by atoms with Gasteiger partial charge in [0, 0.05) is 23.2 Å². The second-order valence-corrected chi connectivity index (χ2v) is 8.33. The molecule has 2 aromatic carbocycles. The number of nitrogens with one attached hydrogen (secondary N) is 1. The van der Waals surface area contributed by atoms with Crippen molar-refractivity contribution in [1.29, 1.82) is 0 Å². The molecule has 0 spiro atoms. The number of anilines is 2. The summed E-state index contributed by atoms with van der Waals surface area (Å²) >= 11 is 0. The Labute approximate surface area is 161 Å². The Hall–Kier alpha value is -2.68. The number of aryl methyl sites for hydroxylation is 1. The minimum absolute atomic E-state index is 0.0483. The van der Waals surface area contributed by atoms with E-state index in [1.807, 2.05) is 6.92 Å². The Balaban J connectivity index is 2.11. The summed E-state index contributed by atoms with van der Waals surface area (Å²) in [6.07, 6.45) is -4.44. The van der Waals surface area contributed by atoms with E-state index < -0.39 is 21.8 Å². The second-order valence-electron chi connectivity index (χ2n) is 6.32. The smallest absolute Gasteiger partial charge is 0.396 e. The number of hydrogen-bond donors (Lipinski definition) is 2. The molecule has 0 saturated heterocycles. The van der Waals surface area contributed by atoms with Crippen molar-refractivity contribution in [2.24, 2.45) is 0 Å². The molecule has 0 aliphatic carbocycles. The summed E-state index contributed by atoms with van der Waals surface area (Å²) in [7, 11) is -3.40. The van der Waals surface area contributed by atoms with E-state index in [-0.39, 0.29) is 5.75 Å². The van der Waals surface area contributed by atoms with Crippen LogP contribution in [0.15, 0.2) is 42.5 Å². The van der Waals surface area contributed by atoms with Crippen LogP contribution in [0.3, 0.4) is 0 Å². The van der Waals surface area contributed by atoms with Gasteiger partial charge in [0.2, 0.25) is 10.0 Å². The largest absolute Gasteiger partial charge is 0.416 e. The molecule has 3 aromatic rings. The Bertz CT molecular complexity index is 1120. The Morgan fingerprint density at radius 1 is 1.07 bits per heavy atom. The summed E-state index contributed by atoms with van der Waals surface area (Å²) in [6, 6.07) is 10.1. The van der Waals surface area contributed by atoms with Gasteiger partial charge >= 0.3 is 6.18 Å². The predicted molar refractivity (Wildman–Crippen MR) is 106 cm³/mol. The highest BCUT2D eigenvalue weighted by Gasteiger charge is 2.31. The minimum atomic E-state index is -4.44. The molecular formula is C19H20F3N3O2S. The Morgan fingerprint density at radius 2 is 1.71 bits per heavy atom. The highest BCUT2D eigenvalue weighted by molar-refractivity contribution is 7.92. The van der Waals surface area contributed by atoms with Crippen molar-refractivity contribution in [2.45, 2.75) is 26.6 Å². The van der Waals surface area contributed by atoms with Gasteiger partial charge in [0.25, 0.3) is 0 Å². The monoisotopic (exact) mass is 411 g/mol. The number of halogens is 3. The number of nitrogens with zero attached hydrogens (tertiary/aromatic N) is 1. The molecule has 1 aromatic heterocycles. The van der Waals surface area contributed by atoms with E-state index in [0.717, 1.165) is 12.1 Å². The number of nitrogen functional groups attached to an aromatic ring is 1. The highest BCUT2D eigenvalue weighted by Crippen LogP contribution is 2.39. The van der Waals surface area contributed by atoms with Crippen molar-refractivity contribution >= 4 is 32.3 Å². The summed E-state index contributed by atoms with van der Waals surface area (Å²) in [5.74, 6) is -0.0483. The van der Waals surface area contributed by atoms with Crippen LogP contribution >= 0.6 is 0 Å². The molecule has 28 heavy (non-hydrogen) atoms. The van der Waals surface area contributed by atoms with Crippen LogP contribution in [-0.2, 0) is 22.7 Å². The highest BCUT2D eigenvalue weighted by atomic mass is 32.2. The quantitative estimate of drug-likeness (QED) is 0.639. The van der Waals surface area contributed by atoms with Crippen LogP contribution in [0.4, 0.5) is 24.5 Å². The van der Waals surface area contributed by atoms with Gasteiger partial charge in [-0.2, -0.15) is 13.2 Å². The van der Waals surface area contributed by atoms with E-state index in [4.69, 9.17) is 5.73 Å². The number of rotatable bonds is 5. The Morgan fingerprint density at radius 3 is 2.25 bits per heavy atom. The third-order valence-electron chi connectivity index (χ3n) is 4.56. The molecule has 9 heteroatoms. The van der Waals surface area contributed by atoms with Crippen molar-refractivity contribution < 1.29 is 21.6 Å². The summed E-state index contributed by atoms with van der Waals surface area (Å²) in [6.45, 7) is 3.78. The number of nitrogens with two attached hydrogens (primary N) is 1. The molecule has 5 nitrogen and oxygen atoms in total. The van der Waals surface area contributed by atoms with Crippen molar-refractivity contribution in [3.63, 3.8) is 0 Å². The fraction of sp³-hybridized carbons (Fsp3) is 0.263. The van der Waals surface area contributed by atoms with E-state index in [0.29, 0.717) is 40.1 Å². The number of benzene rings is 2. The lowest BCUT2D eigenvalue weighted by Gasteiger charge is -2.11. The average Bonchev–Trinajstić information content (AvgIpc) is 2.93. The summed E-state index contributed by atoms with van der Waals surface area (Å²) in [5.41, 5.74) is 7.99. The first kappa shape index (κ1) is 20.1. The number of fused-ring (bicyclic) bond motifs is 1. The van der Waals surface area contributed by atoms with Gasteiger partial charge in [-0.05, 0) is 38.1 Å². The lowest BCUT2D eigenvalue weighted by atomic mass is 10.1. The molecular weight excluding hydrogens is 391 g/mol. The lowest BCUT2D eigenvalue weighted by Crippen LogP contribution is -2.14. The van der Waals surface area contributed by atoms with E-state index in [2.05, 4.69) is 4.72 Å². The number of alkyl halides is 3. The molecule has 150 valence electrons. The third kappa shape index (κ3) is 3.66. The average molecular weight is 411 g/mol. The first-order chi connectivity index (χ1) is 13.1. The maximum absolute atomic E-state index is 13.1. The first-order valence-corrected chi connectivity index (χ1v) is 10.3. The summed E-state index contributed by atoms with van der Waals surface area (Å²) in [5, 5.41) is 0.542. The summed E-state index contributed by atoms with van der Waals surface area (Å²) in [4.78, 5) is 0. The molecule has 0 fully saturated rings. The van der Waals surface area contributed by atoms with Crippen LogP contribution in [0.2, 0.25) is 0 Å². The van der Waals surface area contributed by atoms with Gasteiger partial charge < -0.3 is 10.3 Å². The maximum atomic E-state index is 13.1. The fourth-order valence-corrected chi connectivity index (χ4v) is 3.78. The zero-order valence-corrected chi connectivity index (χ0v) is 16.2. The molecule has 0 atom stereocenters. The van der Waals surface area contributed by atoms with Gasteiger partial charge in [-0.25, -0.2) is 8.42 Å². The van der Waals surface area contributed by atoms with Gasteiger partial charge in [-0.3, -0.25) is 4.72 Å². The molecule has 3 rings (SSSR count). The van der Waals surface area contributed by atoms with Crippen LogP contribution < -0.4 is 10.5 Å². The van der Waals surface area contributed by atoms with Gasteiger partial charge in [0.1, 0.15) is 0 Å². The zero-order chi connectivity index (χ0) is 20.7. The van der Waals surface area contributed by atoms with Gasteiger partial charge in [0.15, 0.2) is 0 Å². The molecule has 0 aliphatic rings. The van der Waals surface area contributed by atoms with Gasteiger partial charge in [0.05, 0.1) is 28.2 Å². The standard InChI is InChI=1S/C19H20F3N3O2S/c1-3-25-16-11-13(19(20,21)22)7-10-15(16)17(23)18(25)12-5-8-14(9-6-12)24-28(26,27)4-2/h5-11,24H,3-4,23H2,1-2H3. The van der Waals surface area contributed by atoms with Crippen LogP contribution in [0.25, 0.3) is 22.2 Å². The van der Waals surface area contributed by atoms with Crippen LogP contribution in [0.1, 0.15) is 19.4 Å².